The molecular weight excluding hydrogens is 799 g/mol. The van der Waals surface area contributed by atoms with E-state index in [4.69, 9.17) is 19.1 Å². The van der Waals surface area contributed by atoms with Crippen molar-refractivity contribution in [3.8, 4) is 0 Å². The van der Waals surface area contributed by atoms with Crippen LogP contribution in [0.3, 0.4) is 0 Å². The van der Waals surface area contributed by atoms with E-state index in [2.05, 4.69) is 67.0 Å². The largest absolute Gasteiger partial charge is 0.472 e. The van der Waals surface area contributed by atoms with Gasteiger partial charge >= 0.3 is 19.8 Å². The van der Waals surface area contributed by atoms with E-state index in [1.54, 1.807) is 24.3 Å². The number of carbonyl (C=O) groups is 2. The maximum atomic E-state index is 12.6. The maximum Gasteiger partial charge on any atom is 0.472 e. The molecule has 0 aliphatic rings. The molecule has 13 heteroatoms. The topological polar surface area (TPSA) is 189 Å². The molecule has 0 aliphatic heterocycles. The lowest BCUT2D eigenvalue weighted by molar-refractivity contribution is -0.161. The first-order valence-corrected chi connectivity index (χ1v) is 23.9. The molecule has 5 N–H and O–H groups in total. The number of hydrogen-bond acceptors (Lipinski definition) is 11. The molecule has 0 aliphatic carbocycles. The first kappa shape index (κ1) is 57.8. The van der Waals surface area contributed by atoms with Crippen LogP contribution in [0.25, 0.3) is 0 Å². The number of phosphoric ester groups is 1. The van der Waals surface area contributed by atoms with Crippen molar-refractivity contribution in [2.45, 2.75) is 167 Å². The summed E-state index contributed by atoms with van der Waals surface area (Å²) < 4.78 is 32.5. The predicted molar refractivity (Wildman–Crippen MR) is 244 cm³/mol. The van der Waals surface area contributed by atoms with E-state index in [1.165, 1.54) is 19.3 Å². The van der Waals surface area contributed by atoms with Crippen molar-refractivity contribution in [1.29, 1.82) is 0 Å². The summed E-state index contributed by atoms with van der Waals surface area (Å²) in [5.41, 5.74) is 0. The van der Waals surface area contributed by atoms with Gasteiger partial charge in [0.25, 0.3) is 0 Å². The molecule has 0 saturated carbocycles. The molecule has 0 rings (SSSR count). The highest BCUT2D eigenvalue weighted by Crippen LogP contribution is 2.43. The van der Waals surface area contributed by atoms with Crippen molar-refractivity contribution >= 4 is 19.8 Å². The Hall–Kier alpha value is -3.19. The van der Waals surface area contributed by atoms with E-state index >= 15 is 0 Å². The number of aliphatic hydroxyl groups excluding tert-OH is 4. The summed E-state index contributed by atoms with van der Waals surface area (Å²) in [4.78, 5) is 35.0. The van der Waals surface area contributed by atoms with Crippen molar-refractivity contribution in [2.75, 3.05) is 26.4 Å². The van der Waals surface area contributed by atoms with Crippen LogP contribution in [0.1, 0.15) is 142 Å². The number of rotatable bonds is 40. The Morgan fingerprint density at radius 1 is 0.557 bits per heavy atom. The van der Waals surface area contributed by atoms with Gasteiger partial charge in [-0.2, -0.15) is 0 Å². The van der Waals surface area contributed by atoms with Crippen LogP contribution in [0.4, 0.5) is 0 Å². The van der Waals surface area contributed by atoms with Gasteiger partial charge in [0.15, 0.2) is 6.10 Å². The summed E-state index contributed by atoms with van der Waals surface area (Å²) >= 11 is 0. The molecule has 0 amide bonds. The highest BCUT2D eigenvalue weighted by Gasteiger charge is 2.27. The molecule has 0 spiro atoms. The van der Waals surface area contributed by atoms with Gasteiger partial charge in [-0.25, -0.2) is 4.57 Å². The Morgan fingerprint density at radius 3 is 1.62 bits per heavy atom. The van der Waals surface area contributed by atoms with E-state index in [0.29, 0.717) is 12.8 Å². The van der Waals surface area contributed by atoms with E-state index in [1.807, 2.05) is 24.3 Å². The van der Waals surface area contributed by atoms with Gasteiger partial charge in [0.05, 0.1) is 32.0 Å². The molecule has 0 saturated heterocycles. The van der Waals surface area contributed by atoms with Crippen LogP contribution in [-0.4, -0.2) is 88.1 Å². The molecule has 0 radical (unpaired) electrons. The molecule has 0 fully saturated rings. The summed E-state index contributed by atoms with van der Waals surface area (Å²) in [6, 6.07) is 0. The summed E-state index contributed by atoms with van der Waals surface area (Å²) in [5.74, 6) is -1.20. The number of esters is 2. The minimum absolute atomic E-state index is 0.0772. The number of allylic oxidation sites excluding steroid dienone is 14. The van der Waals surface area contributed by atoms with Gasteiger partial charge in [-0.3, -0.25) is 18.6 Å². The fraction of sp³-hybridized carbons (Fsp3) is 0.625. The van der Waals surface area contributed by atoms with Crippen molar-refractivity contribution in [3.05, 3.63) is 97.2 Å². The Kier molecular flexibility index (Phi) is 39.9. The Bertz CT molecular complexity index is 1370. The number of hydrogen-bond donors (Lipinski definition) is 5. The SMILES string of the molecule is CCCCC/C=C\C/C=C\C/C=C\C/C=C\CCCCCC(=O)OC[C@H](COP(=O)(O)OC[C@@H](O)CO)OC(=O)CCC[C@H](O)/C=C/C=C\C/C=C\C=C\[C@H](O)CCCCC. The number of ether oxygens (including phenoxy) is 2. The molecule has 0 heterocycles. The van der Waals surface area contributed by atoms with Gasteiger partial charge < -0.3 is 34.8 Å². The third kappa shape index (κ3) is 41.9. The van der Waals surface area contributed by atoms with Crippen LogP contribution < -0.4 is 0 Å². The van der Waals surface area contributed by atoms with Crippen LogP contribution in [0.5, 0.6) is 0 Å². The molecular formula is C48H79O12P. The minimum Gasteiger partial charge on any atom is -0.462 e. The lowest BCUT2D eigenvalue weighted by Gasteiger charge is -2.20. The zero-order valence-corrected chi connectivity index (χ0v) is 38.0. The molecule has 5 atom stereocenters. The van der Waals surface area contributed by atoms with E-state index < -0.39 is 70.6 Å². The lowest BCUT2D eigenvalue weighted by atomic mass is 10.1. The number of phosphoric acid groups is 1. The predicted octanol–water partition coefficient (Wildman–Crippen LogP) is 9.94. The van der Waals surface area contributed by atoms with Gasteiger partial charge in [0.2, 0.25) is 0 Å². The Balaban J connectivity index is 4.59. The van der Waals surface area contributed by atoms with E-state index in [-0.39, 0.29) is 25.7 Å². The standard InChI is InChI=1S/C48H79O12P/c1-3-5-7-8-9-10-11-12-13-14-15-16-17-18-19-20-24-27-31-37-47(53)57-41-46(42-59-61(55,56)58-40-45(52)39-49)60-48(54)38-32-36-44(51)35-30-26-23-21-22-25-29-34-43(50)33-28-6-4-2/h9-10,12-13,15-16,18-19,22-23,25-26,29-30,34-35,43-46,49-52H,3-8,11,14,17,20-21,24,27-28,31-33,36-42H2,1-2H3,(H,55,56)/b10-9-,13-12-,16-15-,19-18-,25-22-,26-23-,34-29+,35-30+/t43-,44-,45+,46-/m1/s1. The van der Waals surface area contributed by atoms with Gasteiger partial charge in [-0.1, -0.05) is 150 Å². The van der Waals surface area contributed by atoms with Crippen molar-refractivity contribution in [2.24, 2.45) is 0 Å². The highest BCUT2D eigenvalue weighted by atomic mass is 31.2. The number of aliphatic hydroxyl groups is 4. The Labute approximate surface area is 367 Å². The average molecular weight is 879 g/mol. The zero-order valence-electron chi connectivity index (χ0n) is 37.1. The summed E-state index contributed by atoms with van der Waals surface area (Å²) in [6.45, 7) is 1.93. The van der Waals surface area contributed by atoms with Gasteiger partial charge in [0, 0.05) is 12.8 Å². The first-order valence-electron chi connectivity index (χ1n) is 22.4. The monoisotopic (exact) mass is 879 g/mol. The smallest absolute Gasteiger partial charge is 0.462 e. The number of carbonyl (C=O) groups excluding carboxylic acids is 2. The van der Waals surface area contributed by atoms with Crippen LogP contribution in [-0.2, 0) is 32.7 Å². The second-order valence-electron chi connectivity index (χ2n) is 14.8. The quantitative estimate of drug-likeness (QED) is 0.0129. The maximum absolute atomic E-state index is 12.6. The fourth-order valence-electron chi connectivity index (χ4n) is 5.36. The average Bonchev–Trinajstić information content (AvgIpc) is 3.24. The minimum atomic E-state index is -4.70. The zero-order chi connectivity index (χ0) is 45.1. The van der Waals surface area contributed by atoms with Crippen molar-refractivity contribution < 1.29 is 58.0 Å². The van der Waals surface area contributed by atoms with E-state index in [0.717, 1.165) is 70.6 Å². The summed E-state index contributed by atoms with van der Waals surface area (Å²) in [7, 11) is -4.70. The van der Waals surface area contributed by atoms with Crippen molar-refractivity contribution in [3.63, 3.8) is 0 Å². The lowest BCUT2D eigenvalue weighted by Crippen LogP contribution is -2.30. The second kappa shape index (κ2) is 42.1. The van der Waals surface area contributed by atoms with Crippen LogP contribution in [0.15, 0.2) is 97.2 Å². The van der Waals surface area contributed by atoms with Crippen LogP contribution in [0.2, 0.25) is 0 Å². The molecule has 0 aromatic carbocycles. The first-order chi connectivity index (χ1) is 29.5. The molecule has 12 nitrogen and oxygen atoms in total. The molecule has 0 aromatic rings. The van der Waals surface area contributed by atoms with Gasteiger partial charge in [-0.15, -0.1) is 0 Å². The van der Waals surface area contributed by atoms with Crippen molar-refractivity contribution in [1.82, 2.24) is 0 Å². The van der Waals surface area contributed by atoms with Gasteiger partial charge in [-0.05, 0) is 77.0 Å². The number of unbranched alkanes of at least 4 members (excludes halogenated alkanes) is 8. The molecule has 61 heavy (non-hydrogen) atoms. The third-order valence-corrected chi connectivity index (χ3v) is 9.87. The second-order valence-corrected chi connectivity index (χ2v) is 16.2. The van der Waals surface area contributed by atoms with E-state index in [9.17, 15) is 34.4 Å². The highest BCUT2D eigenvalue weighted by molar-refractivity contribution is 7.47. The third-order valence-electron chi connectivity index (χ3n) is 8.92. The normalized spacial score (nSPS) is 15.7. The molecule has 0 aromatic heterocycles. The summed E-state index contributed by atoms with van der Waals surface area (Å²) in [6.07, 6.45) is 44.4. The molecule has 0 bridgehead atoms. The van der Waals surface area contributed by atoms with Gasteiger partial charge in [0.1, 0.15) is 12.7 Å². The molecule has 1 unspecified atom stereocenters. The Morgan fingerprint density at radius 2 is 1.05 bits per heavy atom. The summed E-state index contributed by atoms with van der Waals surface area (Å²) in [5, 5.41) is 38.5. The van der Waals surface area contributed by atoms with Crippen LogP contribution in [0, 0.1) is 0 Å². The van der Waals surface area contributed by atoms with Crippen LogP contribution >= 0.6 is 7.82 Å². The molecule has 348 valence electrons. The fourth-order valence-corrected chi connectivity index (χ4v) is 6.15.